The minimum Gasteiger partial charge on any atom is -0.383 e. The number of rotatable bonds is 9. The Morgan fingerprint density at radius 1 is 1.20 bits per heavy atom. The first-order valence-corrected chi connectivity index (χ1v) is 10.7. The van der Waals surface area contributed by atoms with E-state index in [0.717, 1.165) is 21.7 Å². The quantitative estimate of drug-likeness (QED) is 0.615. The zero-order chi connectivity index (χ0) is 21.5. The summed E-state index contributed by atoms with van der Waals surface area (Å²) in [5.41, 5.74) is 3.07. The Kier molecular flexibility index (Phi) is 7.73. The van der Waals surface area contributed by atoms with Crippen LogP contribution in [0.25, 0.3) is 0 Å². The van der Waals surface area contributed by atoms with Crippen LogP contribution in [0, 0.1) is 6.92 Å². The maximum absolute atomic E-state index is 13.2. The van der Waals surface area contributed by atoms with E-state index < -0.39 is 0 Å². The van der Waals surface area contributed by atoms with Gasteiger partial charge in [-0.3, -0.25) is 9.59 Å². The van der Waals surface area contributed by atoms with Crippen molar-refractivity contribution >= 4 is 28.9 Å². The number of thiophene rings is 1. The Hall–Kier alpha value is -2.55. The summed E-state index contributed by atoms with van der Waals surface area (Å²) in [6.07, 6.45) is 0.638. The summed E-state index contributed by atoms with van der Waals surface area (Å²) in [5, 5.41) is 8.19. The zero-order valence-corrected chi connectivity index (χ0v) is 18.4. The molecule has 1 aliphatic rings. The van der Waals surface area contributed by atoms with Gasteiger partial charge in [-0.25, -0.2) is 5.01 Å². The fourth-order valence-electron chi connectivity index (χ4n) is 3.32. The van der Waals surface area contributed by atoms with Crippen LogP contribution in [0.5, 0.6) is 0 Å². The number of hydrazone groups is 1. The van der Waals surface area contributed by atoms with Gasteiger partial charge < -0.3 is 14.4 Å². The van der Waals surface area contributed by atoms with E-state index in [9.17, 15) is 9.59 Å². The standard InChI is InChI=1S/C22H27N3O4S/c1-16-6-8-17(9-7-16)19-13-18(20-5-4-12-30-20)23-25(19)21(26)14-24(10-11-28-2)22(27)15-29-3/h4-9,12,19H,10-11,13-15H2,1-3H3. The molecule has 0 radical (unpaired) electrons. The molecular weight excluding hydrogens is 402 g/mol. The summed E-state index contributed by atoms with van der Waals surface area (Å²) in [7, 11) is 3.02. The predicted molar refractivity (Wildman–Crippen MR) is 117 cm³/mol. The van der Waals surface area contributed by atoms with Gasteiger partial charge in [-0.15, -0.1) is 11.3 Å². The van der Waals surface area contributed by atoms with E-state index in [-0.39, 0.29) is 31.0 Å². The molecule has 0 aliphatic carbocycles. The fourth-order valence-corrected chi connectivity index (χ4v) is 4.05. The molecular formula is C22H27N3O4S. The Balaban J connectivity index is 1.84. The highest BCUT2D eigenvalue weighted by molar-refractivity contribution is 7.12. The van der Waals surface area contributed by atoms with Crippen molar-refractivity contribution in [2.45, 2.75) is 19.4 Å². The first kappa shape index (κ1) is 22.1. The number of hydrogen-bond donors (Lipinski definition) is 0. The highest BCUT2D eigenvalue weighted by Gasteiger charge is 2.34. The molecule has 0 spiro atoms. The maximum atomic E-state index is 13.2. The van der Waals surface area contributed by atoms with Crippen molar-refractivity contribution in [2.24, 2.45) is 5.10 Å². The normalized spacial score (nSPS) is 15.9. The van der Waals surface area contributed by atoms with Crippen LogP contribution >= 0.6 is 11.3 Å². The number of benzene rings is 1. The van der Waals surface area contributed by atoms with Crippen LogP contribution in [0.3, 0.4) is 0 Å². The molecule has 1 unspecified atom stereocenters. The van der Waals surface area contributed by atoms with Gasteiger partial charge in [0.05, 0.1) is 23.2 Å². The Bertz CT molecular complexity index is 880. The molecule has 0 saturated heterocycles. The first-order valence-electron chi connectivity index (χ1n) is 9.79. The van der Waals surface area contributed by atoms with Gasteiger partial charge in [0.1, 0.15) is 13.2 Å². The van der Waals surface area contributed by atoms with Crippen LogP contribution in [0.15, 0.2) is 46.9 Å². The lowest BCUT2D eigenvalue weighted by Gasteiger charge is -2.27. The van der Waals surface area contributed by atoms with Gasteiger partial charge in [0.15, 0.2) is 0 Å². The Morgan fingerprint density at radius 2 is 1.97 bits per heavy atom. The highest BCUT2D eigenvalue weighted by Crippen LogP contribution is 2.34. The highest BCUT2D eigenvalue weighted by atomic mass is 32.1. The molecule has 7 nitrogen and oxygen atoms in total. The largest absolute Gasteiger partial charge is 0.383 e. The summed E-state index contributed by atoms with van der Waals surface area (Å²) < 4.78 is 10.0. The lowest BCUT2D eigenvalue weighted by Crippen LogP contribution is -2.44. The summed E-state index contributed by atoms with van der Waals surface area (Å²) in [6, 6.07) is 11.9. The van der Waals surface area contributed by atoms with Crippen molar-refractivity contribution in [1.29, 1.82) is 0 Å². The average molecular weight is 430 g/mol. The SMILES string of the molecule is COCCN(CC(=O)N1N=C(c2cccs2)CC1c1ccc(C)cc1)C(=O)COC. The topological polar surface area (TPSA) is 71.4 Å². The first-order chi connectivity index (χ1) is 14.5. The summed E-state index contributed by atoms with van der Waals surface area (Å²) in [4.78, 5) is 28.1. The molecule has 160 valence electrons. The van der Waals surface area contributed by atoms with Gasteiger partial charge >= 0.3 is 0 Å². The van der Waals surface area contributed by atoms with Crippen LogP contribution in [0.1, 0.15) is 28.5 Å². The third-order valence-corrected chi connectivity index (χ3v) is 5.86. The Morgan fingerprint density at radius 3 is 2.60 bits per heavy atom. The molecule has 1 aromatic carbocycles. The molecule has 1 atom stereocenters. The third kappa shape index (κ3) is 5.33. The second-order valence-corrected chi connectivity index (χ2v) is 8.08. The van der Waals surface area contributed by atoms with E-state index in [1.807, 2.05) is 48.7 Å². The molecule has 1 aromatic heterocycles. The smallest absolute Gasteiger partial charge is 0.262 e. The number of methoxy groups -OCH3 is 2. The Labute approximate surface area is 180 Å². The number of aryl methyl sites for hydroxylation is 1. The lowest BCUT2D eigenvalue weighted by molar-refractivity contribution is -0.144. The van der Waals surface area contributed by atoms with Crippen molar-refractivity contribution in [2.75, 3.05) is 40.5 Å². The molecule has 0 bridgehead atoms. The van der Waals surface area contributed by atoms with E-state index in [2.05, 4.69) is 5.10 Å². The van der Waals surface area contributed by atoms with Crippen LogP contribution in [0.4, 0.5) is 0 Å². The molecule has 2 aromatic rings. The van der Waals surface area contributed by atoms with E-state index in [0.29, 0.717) is 19.6 Å². The average Bonchev–Trinajstić information content (AvgIpc) is 3.41. The molecule has 1 aliphatic heterocycles. The fraction of sp³-hybridized carbons (Fsp3) is 0.409. The van der Waals surface area contributed by atoms with Gasteiger partial charge in [0, 0.05) is 27.2 Å². The van der Waals surface area contributed by atoms with Gasteiger partial charge in [-0.1, -0.05) is 35.9 Å². The van der Waals surface area contributed by atoms with Gasteiger partial charge in [-0.05, 0) is 23.9 Å². The molecule has 2 amide bonds. The van der Waals surface area contributed by atoms with Crippen molar-refractivity contribution in [3.8, 4) is 0 Å². The summed E-state index contributed by atoms with van der Waals surface area (Å²) in [6.45, 7) is 2.53. The lowest BCUT2D eigenvalue weighted by atomic mass is 10.00. The number of ether oxygens (including phenoxy) is 2. The van der Waals surface area contributed by atoms with E-state index in [1.165, 1.54) is 17.0 Å². The molecule has 0 saturated carbocycles. The zero-order valence-electron chi connectivity index (χ0n) is 17.5. The van der Waals surface area contributed by atoms with E-state index in [4.69, 9.17) is 9.47 Å². The molecule has 0 N–H and O–H groups in total. The monoisotopic (exact) mass is 429 g/mol. The van der Waals surface area contributed by atoms with E-state index in [1.54, 1.807) is 18.4 Å². The van der Waals surface area contributed by atoms with Gasteiger partial charge in [0.25, 0.3) is 5.91 Å². The van der Waals surface area contributed by atoms with Crippen LogP contribution in [0.2, 0.25) is 0 Å². The van der Waals surface area contributed by atoms with Crippen LogP contribution in [-0.2, 0) is 19.1 Å². The molecule has 30 heavy (non-hydrogen) atoms. The van der Waals surface area contributed by atoms with Gasteiger partial charge in [0.2, 0.25) is 5.91 Å². The van der Waals surface area contributed by atoms with Crippen molar-refractivity contribution < 1.29 is 19.1 Å². The van der Waals surface area contributed by atoms with E-state index >= 15 is 0 Å². The number of carbonyl (C=O) groups is 2. The number of nitrogens with zero attached hydrogens (tertiary/aromatic N) is 3. The molecule has 0 fully saturated rings. The second-order valence-electron chi connectivity index (χ2n) is 7.13. The summed E-state index contributed by atoms with van der Waals surface area (Å²) in [5.74, 6) is -0.482. The number of hydrogen-bond acceptors (Lipinski definition) is 6. The molecule has 8 heteroatoms. The second kappa shape index (κ2) is 10.5. The maximum Gasteiger partial charge on any atom is 0.262 e. The number of amides is 2. The minimum absolute atomic E-state index is 0.0743. The third-order valence-electron chi connectivity index (χ3n) is 4.95. The van der Waals surface area contributed by atoms with Crippen LogP contribution < -0.4 is 0 Å². The predicted octanol–water partition coefficient (Wildman–Crippen LogP) is 2.86. The minimum atomic E-state index is -0.253. The number of carbonyl (C=O) groups excluding carboxylic acids is 2. The van der Waals surface area contributed by atoms with Crippen molar-refractivity contribution in [3.63, 3.8) is 0 Å². The summed E-state index contributed by atoms with van der Waals surface area (Å²) >= 11 is 1.60. The van der Waals surface area contributed by atoms with Crippen molar-refractivity contribution in [3.05, 3.63) is 57.8 Å². The van der Waals surface area contributed by atoms with Crippen molar-refractivity contribution in [1.82, 2.24) is 9.91 Å². The molecule has 2 heterocycles. The molecule has 3 rings (SSSR count). The van der Waals surface area contributed by atoms with Gasteiger partial charge in [-0.2, -0.15) is 5.10 Å². The van der Waals surface area contributed by atoms with Crippen LogP contribution in [-0.4, -0.2) is 68.0 Å².